The lowest BCUT2D eigenvalue weighted by atomic mass is 9.71. The summed E-state index contributed by atoms with van der Waals surface area (Å²) >= 11 is 0. The Hall–Kier alpha value is -1.24. The molecule has 0 aliphatic heterocycles. The van der Waals surface area contributed by atoms with Crippen LogP contribution in [-0.2, 0) is 6.42 Å². The van der Waals surface area contributed by atoms with Gasteiger partial charge in [0.1, 0.15) is 5.75 Å². The monoisotopic (exact) mass is 382 g/mol. The molecule has 0 spiro atoms. The molecule has 0 aromatic heterocycles. The van der Waals surface area contributed by atoms with E-state index in [1.165, 1.54) is 76.2 Å². The number of rotatable bonds is 10. The molecular formula is C27H42O. The smallest absolute Gasteiger partial charge is 0.119 e. The molecule has 2 atom stereocenters. The molecule has 0 bridgehead atoms. The van der Waals surface area contributed by atoms with E-state index in [9.17, 15) is 0 Å². The van der Waals surface area contributed by atoms with Gasteiger partial charge >= 0.3 is 0 Å². The fourth-order valence-corrected chi connectivity index (χ4v) is 5.26. The fourth-order valence-electron chi connectivity index (χ4n) is 5.26. The van der Waals surface area contributed by atoms with Crippen molar-refractivity contribution in [2.24, 2.45) is 23.7 Å². The van der Waals surface area contributed by atoms with E-state index in [0.29, 0.717) is 5.92 Å². The Labute approximate surface area is 174 Å². The molecule has 1 nitrogen and oxygen atoms in total. The van der Waals surface area contributed by atoms with Crippen molar-refractivity contribution >= 4 is 0 Å². The van der Waals surface area contributed by atoms with Crippen LogP contribution in [0.1, 0.15) is 90.0 Å². The first-order valence-corrected chi connectivity index (χ1v) is 12.2. The summed E-state index contributed by atoms with van der Waals surface area (Å²) in [4.78, 5) is 0. The normalized spacial score (nSPS) is 27.6. The maximum Gasteiger partial charge on any atom is 0.119 e. The first kappa shape index (κ1) is 21.5. The largest absolute Gasteiger partial charge is 0.493 e. The molecule has 28 heavy (non-hydrogen) atoms. The predicted octanol–water partition coefficient (Wildman–Crippen LogP) is 7.99. The van der Waals surface area contributed by atoms with Crippen LogP contribution in [0.25, 0.3) is 0 Å². The highest BCUT2D eigenvalue weighted by Crippen LogP contribution is 2.40. The Morgan fingerprint density at radius 1 is 0.821 bits per heavy atom. The summed E-state index contributed by atoms with van der Waals surface area (Å²) in [6.45, 7) is 5.38. The van der Waals surface area contributed by atoms with E-state index in [0.717, 1.165) is 36.5 Å². The molecule has 1 saturated carbocycles. The third-order valence-electron chi connectivity index (χ3n) is 7.14. The number of hydrogen-bond acceptors (Lipinski definition) is 1. The van der Waals surface area contributed by atoms with Gasteiger partial charge in [-0.2, -0.15) is 0 Å². The average molecular weight is 383 g/mol. The molecule has 0 amide bonds. The van der Waals surface area contributed by atoms with Crippen LogP contribution < -0.4 is 4.74 Å². The molecule has 1 aromatic rings. The summed E-state index contributed by atoms with van der Waals surface area (Å²) in [5.74, 6) is 4.43. The highest BCUT2D eigenvalue weighted by molar-refractivity contribution is 5.27. The minimum absolute atomic E-state index is 0.594. The molecule has 3 rings (SSSR count). The van der Waals surface area contributed by atoms with E-state index in [-0.39, 0.29) is 0 Å². The van der Waals surface area contributed by atoms with E-state index < -0.39 is 0 Å². The van der Waals surface area contributed by atoms with Crippen LogP contribution in [-0.4, -0.2) is 6.61 Å². The number of allylic oxidation sites excluding steroid dienone is 1. The maximum atomic E-state index is 6.07. The molecule has 0 saturated heterocycles. The fraction of sp³-hybridized carbons (Fsp3) is 0.704. The van der Waals surface area contributed by atoms with Crippen LogP contribution in [0, 0.1) is 23.7 Å². The van der Waals surface area contributed by atoms with Gasteiger partial charge in [0, 0.05) is 5.92 Å². The zero-order chi connectivity index (χ0) is 19.6. The summed E-state index contributed by atoms with van der Waals surface area (Å²) in [6.07, 6.45) is 21.7. The molecule has 2 unspecified atom stereocenters. The first-order chi connectivity index (χ1) is 13.8. The quantitative estimate of drug-likeness (QED) is 0.294. The third kappa shape index (κ3) is 6.68. The summed E-state index contributed by atoms with van der Waals surface area (Å²) in [6, 6.07) is 8.70. The number of hydrogen-bond donors (Lipinski definition) is 0. The maximum absolute atomic E-state index is 6.07. The van der Waals surface area contributed by atoms with Crippen molar-refractivity contribution in [3.8, 4) is 5.75 Å². The van der Waals surface area contributed by atoms with Crippen LogP contribution in [0.15, 0.2) is 36.4 Å². The lowest BCUT2D eigenvalue weighted by Crippen LogP contribution is -2.24. The van der Waals surface area contributed by atoms with Crippen molar-refractivity contribution in [3.05, 3.63) is 42.0 Å². The SMILES string of the molecule is CCCCCC1CCC(C2C=CC(COc3ccc(CCC)cc3)CC2)CC1. The molecule has 2 aliphatic carbocycles. The molecule has 2 aliphatic rings. The lowest BCUT2D eigenvalue weighted by Gasteiger charge is -2.35. The van der Waals surface area contributed by atoms with Gasteiger partial charge < -0.3 is 4.74 Å². The number of ether oxygens (including phenoxy) is 1. The number of aryl methyl sites for hydroxylation is 1. The van der Waals surface area contributed by atoms with Crippen molar-refractivity contribution in [2.75, 3.05) is 6.61 Å². The van der Waals surface area contributed by atoms with Crippen molar-refractivity contribution in [3.63, 3.8) is 0 Å². The molecule has 1 fully saturated rings. The van der Waals surface area contributed by atoms with E-state index >= 15 is 0 Å². The average Bonchev–Trinajstić information content (AvgIpc) is 2.75. The Kier molecular flexibility index (Phi) is 8.96. The van der Waals surface area contributed by atoms with E-state index in [2.05, 4.69) is 50.3 Å². The van der Waals surface area contributed by atoms with Gasteiger partial charge in [-0.05, 0) is 67.6 Å². The zero-order valence-electron chi connectivity index (χ0n) is 18.4. The van der Waals surface area contributed by atoms with E-state index in [4.69, 9.17) is 4.74 Å². The third-order valence-corrected chi connectivity index (χ3v) is 7.14. The molecule has 0 heterocycles. The Balaban J connectivity index is 1.36. The van der Waals surface area contributed by atoms with Gasteiger partial charge in [0.05, 0.1) is 6.61 Å². The van der Waals surface area contributed by atoms with Crippen LogP contribution in [0.4, 0.5) is 0 Å². The number of benzene rings is 1. The van der Waals surface area contributed by atoms with Gasteiger partial charge in [0.15, 0.2) is 0 Å². The second kappa shape index (κ2) is 11.7. The van der Waals surface area contributed by atoms with Crippen molar-refractivity contribution in [1.82, 2.24) is 0 Å². The van der Waals surface area contributed by atoms with Gasteiger partial charge in [-0.1, -0.05) is 83.1 Å². The number of unbranched alkanes of at least 4 members (excludes halogenated alkanes) is 2. The standard InChI is InChI=1S/C27H42O/c1-3-5-6-8-23-9-15-25(16-10-23)26-17-11-24(12-18-26)21-28-27-19-13-22(7-4-2)14-20-27/h11,13-14,17,19-20,23-26H,3-10,12,15-16,18,21H2,1-2H3. The van der Waals surface area contributed by atoms with Gasteiger partial charge in [0.25, 0.3) is 0 Å². The van der Waals surface area contributed by atoms with Gasteiger partial charge in [-0.15, -0.1) is 0 Å². The Morgan fingerprint density at radius 3 is 2.25 bits per heavy atom. The van der Waals surface area contributed by atoms with Crippen molar-refractivity contribution < 1.29 is 4.74 Å². The van der Waals surface area contributed by atoms with Gasteiger partial charge in [-0.25, -0.2) is 0 Å². The predicted molar refractivity (Wildman–Crippen MR) is 121 cm³/mol. The second-order valence-electron chi connectivity index (χ2n) is 9.37. The van der Waals surface area contributed by atoms with Gasteiger partial charge in [-0.3, -0.25) is 0 Å². The van der Waals surface area contributed by atoms with Crippen LogP contribution >= 0.6 is 0 Å². The van der Waals surface area contributed by atoms with Crippen molar-refractivity contribution in [2.45, 2.75) is 90.9 Å². The summed E-state index contributed by atoms with van der Waals surface area (Å²) in [7, 11) is 0. The Morgan fingerprint density at radius 2 is 1.61 bits per heavy atom. The molecule has 1 aromatic carbocycles. The molecule has 1 heteroatoms. The van der Waals surface area contributed by atoms with Crippen LogP contribution in [0.2, 0.25) is 0 Å². The highest BCUT2D eigenvalue weighted by atomic mass is 16.5. The topological polar surface area (TPSA) is 9.23 Å². The van der Waals surface area contributed by atoms with Crippen LogP contribution in [0.5, 0.6) is 5.75 Å². The first-order valence-electron chi connectivity index (χ1n) is 12.2. The summed E-state index contributed by atoms with van der Waals surface area (Å²) in [5.41, 5.74) is 1.41. The van der Waals surface area contributed by atoms with Gasteiger partial charge in [0.2, 0.25) is 0 Å². The second-order valence-corrected chi connectivity index (χ2v) is 9.37. The summed E-state index contributed by atoms with van der Waals surface area (Å²) in [5, 5.41) is 0. The lowest BCUT2D eigenvalue weighted by molar-refractivity contribution is 0.192. The van der Waals surface area contributed by atoms with Crippen LogP contribution in [0.3, 0.4) is 0 Å². The van der Waals surface area contributed by atoms with E-state index in [1.807, 2.05) is 0 Å². The molecule has 0 radical (unpaired) electrons. The molecule has 156 valence electrons. The highest BCUT2D eigenvalue weighted by Gasteiger charge is 2.28. The molecule has 0 N–H and O–H groups in total. The minimum Gasteiger partial charge on any atom is -0.493 e. The Bertz CT molecular complexity index is 564. The van der Waals surface area contributed by atoms with E-state index in [1.54, 1.807) is 0 Å². The zero-order valence-corrected chi connectivity index (χ0v) is 18.4. The molecular weight excluding hydrogens is 340 g/mol. The summed E-state index contributed by atoms with van der Waals surface area (Å²) < 4.78 is 6.07. The minimum atomic E-state index is 0.594. The van der Waals surface area contributed by atoms with Crippen molar-refractivity contribution in [1.29, 1.82) is 0 Å².